The van der Waals surface area contributed by atoms with Gasteiger partial charge >= 0.3 is 0 Å². The Morgan fingerprint density at radius 1 is 1.12 bits per heavy atom. The van der Waals surface area contributed by atoms with Crippen molar-refractivity contribution >= 4 is 0 Å². The summed E-state index contributed by atoms with van der Waals surface area (Å²) in [4.78, 5) is 2.08. The number of ether oxygens (including phenoxy) is 1. The van der Waals surface area contributed by atoms with Crippen LogP contribution in [0.15, 0.2) is 48.5 Å². The van der Waals surface area contributed by atoms with Crippen LogP contribution in [0.25, 0.3) is 11.1 Å². The third-order valence-corrected chi connectivity index (χ3v) is 4.63. The fraction of sp³-hybridized carbons (Fsp3) is 0.429. The Labute approximate surface area is 153 Å². The molecular formula is C21H26FNO3. The number of halogens is 1. The van der Waals surface area contributed by atoms with Gasteiger partial charge in [0.25, 0.3) is 0 Å². The molecule has 1 heterocycles. The zero-order chi connectivity index (χ0) is 18.6. The van der Waals surface area contributed by atoms with E-state index in [9.17, 15) is 14.6 Å². The van der Waals surface area contributed by atoms with Crippen LogP contribution in [0, 0.1) is 5.82 Å². The Morgan fingerprint density at radius 3 is 2.35 bits per heavy atom. The van der Waals surface area contributed by atoms with Gasteiger partial charge in [-0.3, -0.25) is 4.90 Å². The minimum Gasteiger partial charge on any atom is -0.491 e. The zero-order valence-corrected chi connectivity index (χ0v) is 15.1. The number of β-amino-alcohol motifs (C(OH)–C–C–N with tert-alkyl or cyclic N) is 2. The molecule has 1 aliphatic heterocycles. The second kappa shape index (κ2) is 8.16. The maximum absolute atomic E-state index is 13.0. The first-order valence-electron chi connectivity index (χ1n) is 9.03. The first-order valence-corrected chi connectivity index (χ1v) is 9.03. The lowest BCUT2D eigenvalue weighted by Gasteiger charge is -2.35. The molecule has 2 aromatic rings. The summed E-state index contributed by atoms with van der Waals surface area (Å²) in [5.74, 6) is 0.423. The summed E-state index contributed by atoms with van der Waals surface area (Å²) in [6, 6.07) is 13.9. The van der Waals surface area contributed by atoms with Gasteiger partial charge in [-0.1, -0.05) is 24.3 Å². The van der Waals surface area contributed by atoms with Crippen molar-refractivity contribution < 1.29 is 19.3 Å². The molecule has 1 fully saturated rings. The molecule has 0 amide bonds. The number of nitrogens with zero attached hydrogens (tertiary/aromatic N) is 1. The lowest BCUT2D eigenvalue weighted by Crippen LogP contribution is -2.49. The molecule has 2 N–H and O–H groups in total. The molecule has 0 spiro atoms. The van der Waals surface area contributed by atoms with Gasteiger partial charge in [0, 0.05) is 13.1 Å². The highest BCUT2D eigenvalue weighted by Crippen LogP contribution is 2.23. The summed E-state index contributed by atoms with van der Waals surface area (Å²) in [7, 11) is 0. The minimum absolute atomic E-state index is 0.176. The van der Waals surface area contributed by atoms with E-state index in [-0.39, 0.29) is 18.5 Å². The van der Waals surface area contributed by atoms with Crippen molar-refractivity contribution in [1.82, 2.24) is 4.90 Å². The molecule has 26 heavy (non-hydrogen) atoms. The van der Waals surface area contributed by atoms with Gasteiger partial charge in [0.15, 0.2) is 0 Å². The monoisotopic (exact) mass is 359 g/mol. The molecule has 0 aliphatic carbocycles. The second-order valence-corrected chi connectivity index (χ2v) is 7.35. The third-order valence-electron chi connectivity index (χ3n) is 4.63. The second-order valence-electron chi connectivity index (χ2n) is 7.35. The number of hydrogen-bond donors (Lipinski definition) is 2. The molecule has 2 atom stereocenters. The Kier molecular flexibility index (Phi) is 5.91. The van der Waals surface area contributed by atoms with Gasteiger partial charge in [0.2, 0.25) is 0 Å². The maximum Gasteiger partial charge on any atom is 0.123 e. The molecule has 0 saturated carbocycles. The van der Waals surface area contributed by atoms with Crippen LogP contribution in [0.2, 0.25) is 0 Å². The van der Waals surface area contributed by atoms with Gasteiger partial charge in [-0.05, 0) is 61.7 Å². The van der Waals surface area contributed by atoms with Gasteiger partial charge in [-0.15, -0.1) is 0 Å². The largest absolute Gasteiger partial charge is 0.491 e. The molecule has 1 saturated heterocycles. The number of hydrogen-bond acceptors (Lipinski definition) is 4. The number of rotatable bonds is 6. The average molecular weight is 359 g/mol. The fourth-order valence-corrected chi connectivity index (χ4v) is 3.33. The van der Waals surface area contributed by atoms with Gasteiger partial charge in [-0.2, -0.15) is 0 Å². The average Bonchev–Trinajstić information content (AvgIpc) is 2.61. The van der Waals surface area contributed by atoms with E-state index < -0.39 is 5.60 Å². The van der Waals surface area contributed by atoms with Crippen LogP contribution in [-0.2, 0) is 0 Å². The Balaban J connectivity index is 1.54. The molecule has 0 bridgehead atoms. The van der Waals surface area contributed by atoms with Crippen LogP contribution in [0.5, 0.6) is 5.75 Å². The van der Waals surface area contributed by atoms with Crippen molar-refractivity contribution in [1.29, 1.82) is 0 Å². The van der Waals surface area contributed by atoms with E-state index in [2.05, 4.69) is 4.90 Å². The van der Waals surface area contributed by atoms with Gasteiger partial charge in [0.1, 0.15) is 23.8 Å². The number of piperidine rings is 1. The molecular weight excluding hydrogens is 333 g/mol. The zero-order valence-electron chi connectivity index (χ0n) is 15.1. The van der Waals surface area contributed by atoms with Crippen molar-refractivity contribution in [3.63, 3.8) is 0 Å². The molecule has 2 unspecified atom stereocenters. The first-order chi connectivity index (χ1) is 12.4. The number of benzene rings is 2. The van der Waals surface area contributed by atoms with Crippen molar-refractivity contribution in [3.05, 3.63) is 54.3 Å². The minimum atomic E-state index is -0.993. The van der Waals surface area contributed by atoms with Gasteiger partial charge in [-0.25, -0.2) is 4.39 Å². The van der Waals surface area contributed by atoms with Crippen molar-refractivity contribution in [3.8, 4) is 16.9 Å². The Bertz CT molecular complexity index is 700. The molecule has 140 valence electrons. The smallest absolute Gasteiger partial charge is 0.123 e. The summed E-state index contributed by atoms with van der Waals surface area (Å²) in [6.45, 7) is 3.89. The predicted molar refractivity (Wildman–Crippen MR) is 99.6 cm³/mol. The van der Waals surface area contributed by atoms with Crippen LogP contribution in [0.4, 0.5) is 4.39 Å². The SMILES string of the molecule is CC(O)(COc1ccc(-c2ccc(F)cc2)cc1)CN1CCCC(O)C1. The lowest BCUT2D eigenvalue weighted by atomic mass is 10.0. The van der Waals surface area contributed by atoms with E-state index in [0.717, 1.165) is 30.5 Å². The normalized spacial score (nSPS) is 20.5. The van der Waals surface area contributed by atoms with E-state index in [1.54, 1.807) is 19.1 Å². The Hall–Kier alpha value is -1.95. The molecule has 3 rings (SSSR count). The molecule has 5 heteroatoms. The van der Waals surface area contributed by atoms with Crippen LogP contribution in [-0.4, -0.2) is 53.1 Å². The maximum atomic E-state index is 13.0. The lowest BCUT2D eigenvalue weighted by molar-refractivity contribution is -0.0350. The molecule has 0 aromatic heterocycles. The van der Waals surface area contributed by atoms with Crippen LogP contribution in [0.3, 0.4) is 0 Å². The quantitative estimate of drug-likeness (QED) is 0.832. The fourth-order valence-electron chi connectivity index (χ4n) is 3.33. The van der Waals surface area contributed by atoms with E-state index in [1.807, 2.05) is 24.3 Å². The van der Waals surface area contributed by atoms with E-state index in [0.29, 0.717) is 18.8 Å². The first kappa shape index (κ1) is 18.8. The van der Waals surface area contributed by atoms with Crippen LogP contribution < -0.4 is 4.74 Å². The summed E-state index contributed by atoms with van der Waals surface area (Å²) in [5, 5.41) is 20.3. The Morgan fingerprint density at radius 2 is 1.73 bits per heavy atom. The summed E-state index contributed by atoms with van der Waals surface area (Å²) < 4.78 is 18.8. The molecule has 2 aromatic carbocycles. The highest BCUT2D eigenvalue weighted by atomic mass is 19.1. The highest BCUT2D eigenvalue weighted by molar-refractivity contribution is 5.63. The summed E-state index contributed by atoms with van der Waals surface area (Å²) in [6.07, 6.45) is 1.47. The third kappa shape index (κ3) is 5.27. The van der Waals surface area contributed by atoms with Gasteiger partial charge in [0.05, 0.1) is 6.10 Å². The standard InChI is InChI=1S/C21H26FNO3/c1-21(25,14-23-12-2-3-19(24)13-23)15-26-20-10-6-17(7-11-20)16-4-8-18(22)9-5-16/h4-11,19,24-25H,2-3,12-15H2,1H3. The predicted octanol–water partition coefficient (Wildman–Crippen LogP) is 3.08. The molecule has 4 nitrogen and oxygen atoms in total. The summed E-state index contributed by atoms with van der Waals surface area (Å²) in [5.41, 5.74) is 0.923. The number of aliphatic hydroxyl groups is 2. The van der Waals surface area contributed by atoms with E-state index in [4.69, 9.17) is 4.74 Å². The van der Waals surface area contributed by atoms with Gasteiger partial charge < -0.3 is 14.9 Å². The topological polar surface area (TPSA) is 52.9 Å². The molecule has 1 aliphatic rings. The summed E-state index contributed by atoms with van der Waals surface area (Å²) >= 11 is 0. The number of aliphatic hydroxyl groups excluding tert-OH is 1. The van der Waals surface area contributed by atoms with Crippen molar-refractivity contribution in [2.45, 2.75) is 31.5 Å². The van der Waals surface area contributed by atoms with Crippen molar-refractivity contribution in [2.24, 2.45) is 0 Å². The van der Waals surface area contributed by atoms with E-state index in [1.165, 1.54) is 12.1 Å². The molecule has 0 radical (unpaired) electrons. The van der Waals surface area contributed by atoms with E-state index >= 15 is 0 Å². The van der Waals surface area contributed by atoms with Crippen molar-refractivity contribution in [2.75, 3.05) is 26.2 Å². The van der Waals surface area contributed by atoms with Crippen LogP contribution >= 0.6 is 0 Å². The van der Waals surface area contributed by atoms with Crippen LogP contribution in [0.1, 0.15) is 19.8 Å². The highest BCUT2D eigenvalue weighted by Gasteiger charge is 2.28. The number of likely N-dealkylation sites (tertiary alicyclic amines) is 1.